The van der Waals surface area contributed by atoms with Crippen LogP contribution in [0.5, 0.6) is 0 Å². The molecule has 1 amide bonds. The number of nitrogens with one attached hydrogen (secondary N) is 1. The van der Waals surface area contributed by atoms with Crippen molar-refractivity contribution < 1.29 is 14.3 Å². The summed E-state index contributed by atoms with van der Waals surface area (Å²) in [5, 5.41) is 5.11. The summed E-state index contributed by atoms with van der Waals surface area (Å²) >= 11 is 6.05. The molecule has 0 saturated heterocycles. The van der Waals surface area contributed by atoms with Gasteiger partial charge in [-0.15, -0.1) is 0 Å². The van der Waals surface area contributed by atoms with E-state index >= 15 is 0 Å². The number of anilines is 1. The number of esters is 1. The van der Waals surface area contributed by atoms with Crippen molar-refractivity contribution in [2.45, 2.75) is 65.8 Å². The monoisotopic (exact) mass is 461 g/mol. The van der Waals surface area contributed by atoms with Crippen LogP contribution in [0.25, 0.3) is 10.9 Å². The van der Waals surface area contributed by atoms with Gasteiger partial charge in [0.2, 0.25) is 5.91 Å². The number of pyridine rings is 1. The van der Waals surface area contributed by atoms with Crippen molar-refractivity contribution in [3.63, 3.8) is 0 Å². The Bertz CT molecular complexity index is 884. The molecule has 0 aliphatic carbocycles. The first-order chi connectivity index (χ1) is 15.3. The predicted octanol–water partition coefficient (Wildman–Crippen LogP) is 5.69. The summed E-state index contributed by atoms with van der Waals surface area (Å²) in [6.07, 6.45) is 4.84. The Labute approximate surface area is 196 Å². The molecule has 1 aromatic heterocycles. The molecule has 0 atom stereocenters. The van der Waals surface area contributed by atoms with E-state index in [0.29, 0.717) is 24.1 Å². The lowest BCUT2D eigenvalue weighted by Crippen LogP contribution is -2.38. The van der Waals surface area contributed by atoms with E-state index in [9.17, 15) is 9.59 Å². The SMILES string of the molecule is CCC(CC)COC(=O)CCC(=O)N(CCCNc1ccnc2cc(Cl)ccc12)C(C)C. The van der Waals surface area contributed by atoms with Crippen LogP contribution in [0.15, 0.2) is 30.5 Å². The van der Waals surface area contributed by atoms with E-state index in [0.717, 1.165) is 42.4 Å². The molecule has 0 radical (unpaired) electrons. The van der Waals surface area contributed by atoms with Crippen LogP contribution >= 0.6 is 11.6 Å². The van der Waals surface area contributed by atoms with Crippen LogP contribution in [0.1, 0.15) is 59.8 Å². The fourth-order valence-electron chi connectivity index (χ4n) is 3.58. The molecule has 0 fully saturated rings. The van der Waals surface area contributed by atoms with Gasteiger partial charge in [-0.2, -0.15) is 0 Å². The van der Waals surface area contributed by atoms with Gasteiger partial charge in [0.05, 0.1) is 18.5 Å². The van der Waals surface area contributed by atoms with Gasteiger partial charge < -0.3 is 15.0 Å². The molecule has 32 heavy (non-hydrogen) atoms. The number of aromatic nitrogens is 1. The number of nitrogens with zero attached hydrogens (tertiary/aromatic N) is 2. The molecule has 1 N–H and O–H groups in total. The summed E-state index contributed by atoms with van der Waals surface area (Å²) in [5.41, 5.74) is 1.84. The Kier molecular flexibility index (Phi) is 10.7. The van der Waals surface area contributed by atoms with Crippen LogP contribution in [0.3, 0.4) is 0 Å². The summed E-state index contributed by atoms with van der Waals surface area (Å²) < 4.78 is 5.33. The standard InChI is InChI=1S/C25H36ClN3O3/c1-5-19(6-2)17-32-25(31)11-10-24(30)29(18(3)4)15-7-13-27-22-12-14-28-23-16-20(26)8-9-21(22)23/h8-9,12,14,16,18-19H,5-7,10-11,13,15,17H2,1-4H3,(H,27,28). The fraction of sp³-hybridized carbons (Fsp3) is 0.560. The Balaban J connectivity index is 1.80. The first kappa shape index (κ1) is 25.9. The van der Waals surface area contributed by atoms with Crippen molar-refractivity contribution in [2.24, 2.45) is 5.92 Å². The minimum Gasteiger partial charge on any atom is -0.465 e. The number of rotatable bonds is 13. The van der Waals surface area contributed by atoms with Crippen LogP contribution in [0.2, 0.25) is 5.02 Å². The topological polar surface area (TPSA) is 71.5 Å². The second-order valence-electron chi connectivity index (χ2n) is 8.35. The van der Waals surface area contributed by atoms with Crippen molar-refractivity contribution in [1.82, 2.24) is 9.88 Å². The van der Waals surface area contributed by atoms with E-state index in [-0.39, 0.29) is 30.8 Å². The van der Waals surface area contributed by atoms with E-state index < -0.39 is 0 Å². The van der Waals surface area contributed by atoms with Crippen molar-refractivity contribution in [3.05, 3.63) is 35.5 Å². The highest BCUT2D eigenvalue weighted by atomic mass is 35.5. The maximum absolute atomic E-state index is 12.7. The van der Waals surface area contributed by atoms with Crippen molar-refractivity contribution in [3.8, 4) is 0 Å². The molecule has 0 spiro atoms. The van der Waals surface area contributed by atoms with Gasteiger partial charge in [0.25, 0.3) is 0 Å². The number of carbonyl (C=O) groups excluding carboxylic acids is 2. The Morgan fingerprint density at radius 1 is 1.16 bits per heavy atom. The van der Waals surface area contributed by atoms with E-state index in [2.05, 4.69) is 24.1 Å². The van der Waals surface area contributed by atoms with E-state index in [1.807, 2.05) is 43.0 Å². The van der Waals surface area contributed by atoms with Crippen LogP contribution in [0, 0.1) is 5.92 Å². The van der Waals surface area contributed by atoms with Gasteiger partial charge in [-0.05, 0) is 50.5 Å². The number of benzene rings is 1. The molecule has 0 bridgehead atoms. The molecule has 0 unspecified atom stereocenters. The van der Waals surface area contributed by atoms with Gasteiger partial charge in [-0.25, -0.2) is 0 Å². The van der Waals surface area contributed by atoms with Gasteiger partial charge >= 0.3 is 5.97 Å². The summed E-state index contributed by atoms with van der Waals surface area (Å²) in [4.78, 5) is 30.9. The predicted molar refractivity (Wildman–Crippen MR) is 131 cm³/mol. The van der Waals surface area contributed by atoms with Gasteiger partial charge in [0, 0.05) is 47.8 Å². The molecular weight excluding hydrogens is 426 g/mol. The lowest BCUT2D eigenvalue weighted by Gasteiger charge is -2.27. The lowest BCUT2D eigenvalue weighted by atomic mass is 10.1. The quantitative estimate of drug-likeness (QED) is 0.306. The minimum absolute atomic E-state index is 0.0107. The number of carbonyl (C=O) groups is 2. The number of hydrogen-bond acceptors (Lipinski definition) is 5. The highest BCUT2D eigenvalue weighted by molar-refractivity contribution is 6.31. The third-order valence-corrected chi connectivity index (χ3v) is 5.95. The summed E-state index contributed by atoms with van der Waals surface area (Å²) in [6, 6.07) is 7.67. The highest BCUT2D eigenvalue weighted by Gasteiger charge is 2.18. The Hall–Kier alpha value is -2.34. The molecule has 6 nitrogen and oxygen atoms in total. The second-order valence-corrected chi connectivity index (χ2v) is 8.78. The zero-order valence-electron chi connectivity index (χ0n) is 19.7. The number of halogens is 1. The maximum atomic E-state index is 12.7. The largest absolute Gasteiger partial charge is 0.465 e. The van der Waals surface area contributed by atoms with Crippen molar-refractivity contribution >= 4 is 40.1 Å². The minimum atomic E-state index is -0.291. The third-order valence-electron chi connectivity index (χ3n) is 5.72. The van der Waals surface area contributed by atoms with Gasteiger partial charge in [0.15, 0.2) is 0 Å². The van der Waals surface area contributed by atoms with Crippen molar-refractivity contribution in [1.29, 1.82) is 0 Å². The number of hydrogen-bond donors (Lipinski definition) is 1. The van der Waals surface area contributed by atoms with Crippen LogP contribution < -0.4 is 5.32 Å². The van der Waals surface area contributed by atoms with Gasteiger partial charge in [-0.1, -0.05) is 38.3 Å². The summed E-state index contributed by atoms with van der Waals surface area (Å²) in [5.74, 6) is 0.0904. The maximum Gasteiger partial charge on any atom is 0.306 e. The zero-order chi connectivity index (χ0) is 23.5. The fourth-order valence-corrected chi connectivity index (χ4v) is 3.75. The van der Waals surface area contributed by atoms with Gasteiger partial charge in [0.1, 0.15) is 0 Å². The molecule has 0 aliphatic heterocycles. The van der Waals surface area contributed by atoms with Crippen LogP contribution in [-0.2, 0) is 14.3 Å². The smallest absolute Gasteiger partial charge is 0.306 e. The molecule has 0 aliphatic rings. The van der Waals surface area contributed by atoms with E-state index in [1.165, 1.54) is 0 Å². The zero-order valence-corrected chi connectivity index (χ0v) is 20.5. The first-order valence-corrected chi connectivity index (χ1v) is 12.0. The highest BCUT2D eigenvalue weighted by Crippen LogP contribution is 2.24. The lowest BCUT2D eigenvalue weighted by molar-refractivity contribution is -0.147. The summed E-state index contributed by atoms with van der Waals surface area (Å²) in [6.45, 7) is 9.96. The van der Waals surface area contributed by atoms with E-state index in [1.54, 1.807) is 6.20 Å². The normalized spacial score (nSPS) is 11.2. The molecular formula is C25H36ClN3O3. The number of ether oxygens (including phenoxy) is 1. The molecule has 2 aromatic rings. The molecule has 7 heteroatoms. The average Bonchev–Trinajstić information content (AvgIpc) is 2.77. The van der Waals surface area contributed by atoms with Gasteiger partial charge in [-0.3, -0.25) is 14.6 Å². The molecule has 0 saturated carbocycles. The third kappa shape index (κ3) is 7.97. The number of fused-ring (bicyclic) bond motifs is 1. The van der Waals surface area contributed by atoms with Crippen molar-refractivity contribution in [2.75, 3.05) is 25.0 Å². The first-order valence-electron chi connectivity index (χ1n) is 11.6. The second kappa shape index (κ2) is 13.3. The number of amides is 1. The van der Waals surface area contributed by atoms with Crippen LogP contribution in [0.4, 0.5) is 5.69 Å². The van der Waals surface area contributed by atoms with E-state index in [4.69, 9.17) is 16.3 Å². The Morgan fingerprint density at radius 3 is 2.59 bits per heavy atom. The molecule has 176 valence electrons. The molecule has 1 aromatic carbocycles. The molecule has 2 rings (SSSR count). The molecule has 1 heterocycles. The average molecular weight is 462 g/mol. The summed E-state index contributed by atoms with van der Waals surface area (Å²) in [7, 11) is 0. The Morgan fingerprint density at radius 2 is 1.91 bits per heavy atom. The van der Waals surface area contributed by atoms with Crippen LogP contribution in [-0.4, -0.2) is 47.5 Å².